The quantitative estimate of drug-likeness (QED) is 0.463. The lowest BCUT2D eigenvalue weighted by Gasteiger charge is -2.05. The number of nitrogens with two attached hydrogens (primary N) is 2. The second kappa shape index (κ2) is 11.3. The Morgan fingerprint density at radius 3 is 2.06 bits per heavy atom. The van der Waals surface area contributed by atoms with Crippen LogP contribution in [0.5, 0.6) is 0 Å². The Hall–Kier alpha value is -1.18. The van der Waals surface area contributed by atoms with Crippen molar-refractivity contribution < 1.29 is 19.8 Å². The average Bonchev–Trinajstić information content (AvgIpc) is 2.23. The first-order chi connectivity index (χ1) is 7.81. The standard InChI is InChI=1S/C5H14N2.C5H9NO4/c1-7(2)5-3-4-6;6-3(5(9)10)1-2-4(7)8/h3-6H2,1-2H3;3H,1-2,6H2,(H,7,8)(H,9,10)/t;3-/m.0/s1. The molecule has 0 aromatic heterocycles. The third-order valence-electron chi connectivity index (χ3n) is 1.80. The van der Waals surface area contributed by atoms with Crippen molar-refractivity contribution in [2.45, 2.75) is 25.3 Å². The number of carboxylic acid groups (broad SMARTS) is 2. The number of carboxylic acids is 2. The van der Waals surface area contributed by atoms with E-state index in [1.54, 1.807) is 0 Å². The minimum absolute atomic E-state index is 0.0231. The molecule has 0 saturated heterocycles. The number of hydrogen-bond donors (Lipinski definition) is 4. The molecule has 0 aromatic rings. The third-order valence-corrected chi connectivity index (χ3v) is 1.80. The molecule has 7 heteroatoms. The molecule has 0 heterocycles. The van der Waals surface area contributed by atoms with E-state index in [-0.39, 0.29) is 12.8 Å². The van der Waals surface area contributed by atoms with Crippen molar-refractivity contribution in [3.8, 4) is 0 Å². The number of hydrogen-bond acceptors (Lipinski definition) is 5. The van der Waals surface area contributed by atoms with Crippen LogP contribution < -0.4 is 11.5 Å². The number of rotatable bonds is 7. The Balaban J connectivity index is 0. The SMILES string of the molecule is CN(C)CCCN.N[C@@H](CCC(=O)O)C(=O)O. The van der Waals surface area contributed by atoms with Gasteiger partial charge in [-0.15, -0.1) is 0 Å². The second-order valence-corrected chi connectivity index (χ2v) is 3.82. The van der Waals surface area contributed by atoms with Crippen LogP contribution in [0.25, 0.3) is 0 Å². The summed E-state index contributed by atoms with van der Waals surface area (Å²) in [5, 5.41) is 16.3. The predicted octanol–water partition coefficient (Wildman–Crippen LogP) is -0.840. The van der Waals surface area contributed by atoms with Gasteiger partial charge in [-0.1, -0.05) is 0 Å². The summed E-state index contributed by atoms with van der Waals surface area (Å²) < 4.78 is 0. The van der Waals surface area contributed by atoms with E-state index in [2.05, 4.69) is 19.0 Å². The zero-order valence-corrected chi connectivity index (χ0v) is 10.4. The van der Waals surface area contributed by atoms with E-state index in [0.29, 0.717) is 0 Å². The van der Waals surface area contributed by atoms with E-state index < -0.39 is 18.0 Å². The monoisotopic (exact) mass is 249 g/mol. The van der Waals surface area contributed by atoms with Gasteiger partial charge in [-0.3, -0.25) is 9.59 Å². The lowest BCUT2D eigenvalue weighted by Crippen LogP contribution is -2.30. The predicted molar refractivity (Wildman–Crippen MR) is 64.7 cm³/mol. The van der Waals surface area contributed by atoms with Crippen LogP contribution in [0.3, 0.4) is 0 Å². The molecule has 17 heavy (non-hydrogen) atoms. The largest absolute Gasteiger partial charge is 0.481 e. The Morgan fingerprint density at radius 1 is 1.29 bits per heavy atom. The molecule has 0 aliphatic rings. The van der Waals surface area contributed by atoms with Gasteiger partial charge in [0.1, 0.15) is 6.04 Å². The summed E-state index contributed by atoms with van der Waals surface area (Å²) in [6.45, 7) is 1.91. The molecule has 6 N–H and O–H groups in total. The van der Waals surface area contributed by atoms with Crippen molar-refractivity contribution in [3.63, 3.8) is 0 Å². The Labute approximate surface area is 101 Å². The van der Waals surface area contributed by atoms with Crippen LogP contribution in [0.2, 0.25) is 0 Å². The Morgan fingerprint density at radius 2 is 1.82 bits per heavy atom. The van der Waals surface area contributed by atoms with Gasteiger partial charge in [0, 0.05) is 6.42 Å². The first kappa shape index (κ1) is 18.2. The first-order valence-electron chi connectivity index (χ1n) is 5.36. The average molecular weight is 249 g/mol. The number of aliphatic carboxylic acids is 2. The maximum Gasteiger partial charge on any atom is 0.320 e. The van der Waals surface area contributed by atoms with Gasteiger partial charge in [-0.05, 0) is 40.0 Å². The van der Waals surface area contributed by atoms with E-state index in [0.717, 1.165) is 19.5 Å². The normalized spacial score (nSPS) is 11.6. The summed E-state index contributed by atoms with van der Waals surface area (Å²) in [4.78, 5) is 22.0. The number of carbonyl (C=O) groups is 2. The summed E-state index contributed by atoms with van der Waals surface area (Å²) in [6, 6.07) is -1.06. The summed E-state index contributed by atoms with van der Waals surface area (Å²) in [5.41, 5.74) is 10.3. The van der Waals surface area contributed by atoms with Crippen molar-refractivity contribution in [1.82, 2.24) is 4.90 Å². The van der Waals surface area contributed by atoms with Crippen molar-refractivity contribution >= 4 is 11.9 Å². The molecule has 0 aromatic carbocycles. The lowest BCUT2D eigenvalue weighted by atomic mass is 10.2. The fourth-order valence-corrected chi connectivity index (χ4v) is 0.810. The minimum Gasteiger partial charge on any atom is -0.481 e. The molecule has 0 saturated carbocycles. The van der Waals surface area contributed by atoms with Crippen molar-refractivity contribution in [2.24, 2.45) is 11.5 Å². The van der Waals surface area contributed by atoms with Crippen LogP contribution in [0.1, 0.15) is 19.3 Å². The van der Waals surface area contributed by atoms with Gasteiger partial charge in [-0.2, -0.15) is 0 Å². The molecule has 0 radical (unpaired) electrons. The molecular weight excluding hydrogens is 226 g/mol. The molecule has 0 spiro atoms. The minimum atomic E-state index is -1.17. The topological polar surface area (TPSA) is 130 Å². The molecule has 7 nitrogen and oxygen atoms in total. The summed E-state index contributed by atoms with van der Waals surface area (Å²) in [7, 11) is 4.10. The number of nitrogens with zero attached hydrogens (tertiary/aromatic N) is 1. The molecule has 0 unspecified atom stereocenters. The van der Waals surface area contributed by atoms with E-state index in [1.807, 2.05) is 0 Å². The summed E-state index contributed by atoms with van der Waals surface area (Å²) in [6.07, 6.45) is 0.880. The van der Waals surface area contributed by atoms with Gasteiger partial charge in [0.25, 0.3) is 0 Å². The molecule has 0 aliphatic carbocycles. The molecule has 0 bridgehead atoms. The highest BCUT2D eigenvalue weighted by atomic mass is 16.4. The van der Waals surface area contributed by atoms with Gasteiger partial charge in [0.15, 0.2) is 0 Å². The van der Waals surface area contributed by atoms with Crippen LogP contribution in [0.15, 0.2) is 0 Å². The smallest absolute Gasteiger partial charge is 0.320 e. The second-order valence-electron chi connectivity index (χ2n) is 3.82. The van der Waals surface area contributed by atoms with Gasteiger partial charge < -0.3 is 26.6 Å². The van der Waals surface area contributed by atoms with Crippen LogP contribution in [-0.4, -0.2) is 60.3 Å². The maximum atomic E-state index is 9.99. The van der Waals surface area contributed by atoms with E-state index in [9.17, 15) is 9.59 Å². The van der Waals surface area contributed by atoms with E-state index >= 15 is 0 Å². The third kappa shape index (κ3) is 17.4. The summed E-state index contributed by atoms with van der Waals surface area (Å²) >= 11 is 0. The van der Waals surface area contributed by atoms with E-state index in [4.69, 9.17) is 21.7 Å². The highest BCUT2D eigenvalue weighted by Gasteiger charge is 2.12. The zero-order valence-electron chi connectivity index (χ0n) is 10.4. The summed E-state index contributed by atoms with van der Waals surface area (Å²) in [5.74, 6) is -2.20. The molecule has 0 aliphatic heterocycles. The maximum absolute atomic E-state index is 9.99. The van der Waals surface area contributed by atoms with Crippen LogP contribution in [0.4, 0.5) is 0 Å². The highest BCUT2D eigenvalue weighted by molar-refractivity contribution is 5.74. The lowest BCUT2D eigenvalue weighted by molar-refractivity contribution is -0.139. The van der Waals surface area contributed by atoms with Crippen LogP contribution >= 0.6 is 0 Å². The molecule has 0 amide bonds. The van der Waals surface area contributed by atoms with Crippen molar-refractivity contribution in [2.75, 3.05) is 27.2 Å². The molecule has 1 atom stereocenters. The fourth-order valence-electron chi connectivity index (χ4n) is 0.810. The van der Waals surface area contributed by atoms with Gasteiger partial charge in [-0.25, -0.2) is 0 Å². The van der Waals surface area contributed by atoms with Crippen LogP contribution in [-0.2, 0) is 9.59 Å². The molecular formula is C10H23N3O4. The molecule has 0 rings (SSSR count). The molecule has 0 fully saturated rings. The van der Waals surface area contributed by atoms with Gasteiger partial charge in [0.05, 0.1) is 0 Å². The van der Waals surface area contributed by atoms with Gasteiger partial charge >= 0.3 is 11.9 Å². The zero-order chi connectivity index (χ0) is 13.8. The van der Waals surface area contributed by atoms with Gasteiger partial charge in [0.2, 0.25) is 0 Å². The Bertz CT molecular complexity index is 222. The van der Waals surface area contributed by atoms with Crippen molar-refractivity contribution in [3.05, 3.63) is 0 Å². The van der Waals surface area contributed by atoms with Crippen LogP contribution in [0, 0.1) is 0 Å². The van der Waals surface area contributed by atoms with E-state index in [1.165, 1.54) is 0 Å². The fraction of sp³-hybridized carbons (Fsp3) is 0.800. The highest BCUT2D eigenvalue weighted by Crippen LogP contribution is 1.93. The molecule has 102 valence electrons. The Kier molecular flexibility index (Phi) is 12.1. The first-order valence-corrected chi connectivity index (χ1v) is 5.36. The van der Waals surface area contributed by atoms with Crippen molar-refractivity contribution in [1.29, 1.82) is 0 Å².